The molecule has 18 heavy (non-hydrogen) atoms. The van der Waals surface area contributed by atoms with E-state index in [1.807, 2.05) is 0 Å². The highest BCUT2D eigenvalue weighted by molar-refractivity contribution is 5.76. The predicted molar refractivity (Wildman–Crippen MR) is 46.2 cm³/mol. The maximum absolute atomic E-state index is 13.1. The van der Waals surface area contributed by atoms with Gasteiger partial charge >= 0.3 is 5.97 Å². The molecule has 3 nitrogen and oxygen atoms in total. The van der Waals surface area contributed by atoms with Crippen LogP contribution in [0.4, 0.5) is 22.0 Å². The minimum Gasteiger partial charge on any atom is -0.420 e. The highest BCUT2D eigenvalue weighted by Gasteiger charge is 2.33. The van der Waals surface area contributed by atoms with Crippen LogP contribution in [-0.2, 0) is 9.53 Å². The van der Waals surface area contributed by atoms with Gasteiger partial charge in [0.15, 0.2) is 0 Å². The van der Waals surface area contributed by atoms with E-state index >= 15 is 0 Å². The molecular weight excluding hydrogens is 263 g/mol. The van der Waals surface area contributed by atoms with Gasteiger partial charge in [-0.25, -0.2) is 13.2 Å². The van der Waals surface area contributed by atoms with Crippen LogP contribution in [0.5, 0.6) is 5.75 Å². The Labute approximate surface area is 97.1 Å². The molecule has 1 aromatic rings. The average molecular weight is 268 g/mol. The smallest absolute Gasteiger partial charge is 0.319 e. The van der Waals surface area contributed by atoms with Crippen LogP contribution >= 0.6 is 0 Å². The molecular formula is C10H5F5O3. The molecule has 1 aromatic carbocycles. The molecule has 0 aromatic heterocycles. The number of rotatable bonds is 2. The van der Waals surface area contributed by atoms with E-state index in [1.165, 1.54) is 0 Å². The van der Waals surface area contributed by atoms with Gasteiger partial charge in [-0.15, -0.1) is 0 Å². The molecule has 1 aliphatic rings. The van der Waals surface area contributed by atoms with E-state index in [0.29, 0.717) is 0 Å². The molecule has 0 radical (unpaired) electrons. The zero-order valence-corrected chi connectivity index (χ0v) is 8.61. The van der Waals surface area contributed by atoms with Crippen LogP contribution in [0.25, 0.3) is 0 Å². The van der Waals surface area contributed by atoms with Crippen LogP contribution in [0.1, 0.15) is 0 Å². The number of hydrogen-bond donors (Lipinski definition) is 0. The lowest BCUT2D eigenvalue weighted by Gasteiger charge is -2.23. The fraction of sp³-hybridized carbons (Fsp3) is 0.300. The first kappa shape index (κ1) is 12.7. The minimum absolute atomic E-state index is 0.0196. The Morgan fingerprint density at radius 3 is 1.78 bits per heavy atom. The first-order valence-corrected chi connectivity index (χ1v) is 4.74. The fourth-order valence-electron chi connectivity index (χ4n) is 1.23. The molecule has 1 heterocycles. The molecule has 0 amide bonds. The number of halogens is 5. The molecule has 8 heteroatoms. The predicted octanol–water partition coefficient (Wildman–Crippen LogP) is 1.93. The minimum atomic E-state index is -2.31. The van der Waals surface area contributed by atoms with E-state index in [1.54, 1.807) is 0 Å². The highest BCUT2D eigenvalue weighted by atomic mass is 19.2. The molecule has 0 spiro atoms. The van der Waals surface area contributed by atoms with Crippen molar-refractivity contribution < 1.29 is 36.2 Å². The summed E-state index contributed by atoms with van der Waals surface area (Å²) in [4.78, 5) is 11.2. The van der Waals surface area contributed by atoms with Gasteiger partial charge in [0.25, 0.3) is 0 Å². The third-order valence-corrected chi connectivity index (χ3v) is 2.34. The van der Waals surface area contributed by atoms with Crippen LogP contribution in [0.15, 0.2) is 0 Å². The lowest BCUT2D eigenvalue weighted by atomic mass is 10.1. The van der Waals surface area contributed by atoms with Gasteiger partial charge in [0.05, 0.1) is 13.2 Å². The first-order valence-electron chi connectivity index (χ1n) is 4.74. The largest absolute Gasteiger partial charge is 0.420 e. The Morgan fingerprint density at radius 1 is 0.944 bits per heavy atom. The van der Waals surface area contributed by atoms with E-state index in [9.17, 15) is 26.7 Å². The summed E-state index contributed by atoms with van der Waals surface area (Å²) in [6.07, 6.45) is 0. The van der Waals surface area contributed by atoms with Crippen molar-refractivity contribution in [2.75, 3.05) is 13.2 Å². The SMILES string of the molecule is O=C(Oc1c(F)c(F)c(F)c(F)c1F)C1COC1. The second-order valence-electron chi connectivity index (χ2n) is 3.55. The van der Waals surface area contributed by atoms with E-state index < -0.39 is 46.7 Å². The standard InChI is InChI=1S/C10H5F5O3/c11-4-5(12)7(14)9(8(15)6(4)13)18-10(16)3-1-17-2-3/h3H,1-2H2. The number of benzene rings is 1. The van der Waals surface area contributed by atoms with Crippen LogP contribution in [0, 0.1) is 35.0 Å². The summed E-state index contributed by atoms with van der Waals surface area (Å²) in [7, 11) is 0. The lowest BCUT2D eigenvalue weighted by Crippen LogP contribution is -2.37. The molecule has 0 saturated carbocycles. The summed E-state index contributed by atoms with van der Waals surface area (Å²) < 4.78 is 73.3. The van der Waals surface area contributed by atoms with Crippen LogP contribution in [-0.4, -0.2) is 19.2 Å². The summed E-state index contributed by atoms with van der Waals surface area (Å²) in [5, 5.41) is 0. The normalized spacial score (nSPS) is 15.4. The zero-order chi connectivity index (χ0) is 13.4. The van der Waals surface area contributed by atoms with Crippen molar-refractivity contribution in [1.82, 2.24) is 0 Å². The number of esters is 1. The Morgan fingerprint density at radius 2 is 1.39 bits per heavy atom. The quantitative estimate of drug-likeness (QED) is 0.270. The van der Waals surface area contributed by atoms with Crippen molar-refractivity contribution in [2.45, 2.75) is 0 Å². The van der Waals surface area contributed by atoms with Gasteiger partial charge in [-0.05, 0) is 0 Å². The summed E-state index contributed by atoms with van der Waals surface area (Å²) >= 11 is 0. The van der Waals surface area contributed by atoms with E-state index in [0.717, 1.165) is 0 Å². The second kappa shape index (κ2) is 4.52. The van der Waals surface area contributed by atoms with Gasteiger partial charge in [-0.3, -0.25) is 4.79 Å². The van der Waals surface area contributed by atoms with Crippen LogP contribution in [0.3, 0.4) is 0 Å². The van der Waals surface area contributed by atoms with Crippen molar-refractivity contribution in [1.29, 1.82) is 0 Å². The van der Waals surface area contributed by atoms with Gasteiger partial charge < -0.3 is 9.47 Å². The van der Waals surface area contributed by atoms with Crippen LogP contribution < -0.4 is 4.74 Å². The molecule has 0 N–H and O–H groups in total. The van der Waals surface area contributed by atoms with Gasteiger partial charge in [0, 0.05) is 0 Å². The Kier molecular flexibility index (Phi) is 3.20. The summed E-state index contributed by atoms with van der Waals surface area (Å²) in [6.45, 7) is -0.0392. The summed E-state index contributed by atoms with van der Waals surface area (Å²) in [5.41, 5.74) is 0. The number of carbonyl (C=O) groups excluding carboxylic acids is 1. The molecule has 0 aliphatic carbocycles. The Hall–Kier alpha value is -1.70. The van der Waals surface area contributed by atoms with Crippen molar-refractivity contribution in [3.05, 3.63) is 29.1 Å². The number of ether oxygens (including phenoxy) is 2. The van der Waals surface area contributed by atoms with Crippen molar-refractivity contribution in [3.63, 3.8) is 0 Å². The first-order chi connectivity index (χ1) is 8.43. The summed E-state index contributed by atoms with van der Waals surface area (Å²) in [6, 6.07) is 0. The van der Waals surface area contributed by atoms with Crippen molar-refractivity contribution in [3.8, 4) is 5.75 Å². The molecule has 0 unspecified atom stereocenters. The Bertz CT molecular complexity index is 484. The molecule has 98 valence electrons. The number of carbonyl (C=O) groups is 1. The third-order valence-electron chi connectivity index (χ3n) is 2.34. The van der Waals surface area contributed by atoms with Gasteiger partial charge in [0.1, 0.15) is 5.92 Å². The van der Waals surface area contributed by atoms with Gasteiger partial charge in [0.2, 0.25) is 34.8 Å². The highest BCUT2D eigenvalue weighted by Crippen LogP contribution is 2.30. The van der Waals surface area contributed by atoms with Gasteiger partial charge in [-0.1, -0.05) is 0 Å². The zero-order valence-electron chi connectivity index (χ0n) is 8.61. The Balaban J connectivity index is 2.35. The van der Waals surface area contributed by atoms with Crippen molar-refractivity contribution in [2.24, 2.45) is 5.92 Å². The molecule has 1 aliphatic heterocycles. The molecule has 0 atom stereocenters. The van der Waals surface area contributed by atoms with E-state index in [-0.39, 0.29) is 13.2 Å². The fourth-order valence-corrected chi connectivity index (χ4v) is 1.23. The third kappa shape index (κ3) is 1.92. The second-order valence-corrected chi connectivity index (χ2v) is 3.55. The average Bonchev–Trinajstić information content (AvgIpc) is 2.27. The molecule has 0 bridgehead atoms. The van der Waals surface area contributed by atoms with E-state index in [2.05, 4.69) is 9.47 Å². The molecule has 2 rings (SSSR count). The van der Waals surface area contributed by atoms with Crippen molar-refractivity contribution >= 4 is 5.97 Å². The maximum Gasteiger partial charge on any atom is 0.319 e. The lowest BCUT2D eigenvalue weighted by molar-refractivity contribution is -0.154. The maximum atomic E-state index is 13.1. The monoisotopic (exact) mass is 268 g/mol. The number of hydrogen-bond acceptors (Lipinski definition) is 3. The summed E-state index contributed by atoms with van der Waals surface area (Å²) in [5.74, 6) is -14.5. The molecule has 1 saturated heterocycles. The molecule has 1 fully saturated rings. The van der Waals surface area contributed by atoms with E-state index in [4.69, 9.17) is 0 Å². The van der Waals surface area contributed by atoms with Gasteiger partial charge in [-0.2, -0.15) is 8.78 Å². The topological polar surface area (TPSA) is 35.5 Å². The van der Waals surface area contributed by atoms with Crippen LogP contribution in [0.2, 0.25) is 0 Å².